The number of aliphatic hydroxyl groups excluding tert-OH is 1. The Morgan fingerprint density at radius 1 is 1.24 bits per heavy atom. The summed E-state index contributed by atoms with van der Waals surface area (Å²) in [6.07, 6.45) is -2.60. The Kier molecular flexibility index (Phi) is 8.88. The fourth-order valence-corrected chi connectivity index (χ4v) is 6.12. The highest BCUT2D eigenvalue weighted by atomic mass is 16.7. The van der Waals surface area contributed by atoms with E-state index >= 15 is 0 Å². The standard InChI is InChI=1S/C27H43NO10/c1-14-12-27(33-7,38-16(3)15(14)2)22(30)24(31)28-25-21-20(34-13-35-25)23(32-6)26(4,5)18(37-21)11-17-9-8-10-19(29)36-17/h15-18,20-23,25,30H,1,8-13H2,2-7H3,(H,28,31)/t15-,16-,17-,18-,20+,21+,22-,23-,25+,27-/m1/s1. The van der Waals surface area contributed by atoms with Crippen molar-refractivity contribution in [3.05, 3.63) is 12.2 Å². The van der Waals surface area contributed by atoms with Gasteiger partial charge in [0.2, 0.25) is 5.79 Å². The second kappa shape index (κ2) is 11.5. The molecule has 4 rings (SSSR count). The number of carbonyl (C=O) groups is 2. The van der Waals surface area contributed by atoms with Crippen LogP contribution >= 0.6 is 0 Å². The number of aliphatic hydroxyl groups is 1. The minimum atomic E-state index is -1.65. The van der Waals surface area contributed by atoms with E-state index in [2.05, 4.69) is 11.9 Å². The number of methoxy groups -OCH3 is 2. The van der Waals surface area contributed by atoms with Crippen LogP contribution in [0.25, 0.3) is 0 Å². The maximum atomic E-state index is 13.3. The smallest absolute Gasteiger partial charge is 0.306 e. The minimum Gasteiger partial charge on any atom is -0.462 e. The van der Waals surface area contributed by atoms with Gasteiger partial charge in [-0.25, -0.2) is 0 Å². The molecule has 0 aromatic carbocycles. The number of hydrogen-bond donors (Lipinski definition) is 2. The molecule has 1 amide bonds. The second-order valence-electron chi connectivity index (χ2n) is 11.5. The molecule has 38 heavy (non-hydrogen) atoms. The number of carbonyl (C=O) groups excluding carboxylic acids is 2. The highest BCUT2D eigenvalue weighted by molar-refractivity contribution is 5.82. The van der Waals surface area contributed by atoms with Crippen molar-refractivity contribution in [2.45, 2.75) is 115 Å². The molecule has 11 heteroatoms. The first-order chi connectivity index (χ1) is 17.9. The van der Waals surface area contributed by atoms with Gasteiger partial charge in [-0.05, 0) is 19.8 Å². The predicted molar refractivity (Wildman–Crippen MR) is 134 cm³/mol. The molecule has 0 aromatic heterocycles. The molecule has 2 N–H and O–H groups in total. The van der Waals surface area contributed by atoms with E-state index in [4.69, 9.17) is 33.2 Å². The van der Waals surface area contributed by atoms with Crippen molar-refractivity contribution in [2.75, 3.05) is 21.0 Å². The number of ether oxygens (including phenoxy) is 7. The van der Waals surface area contributed by atoms with Crippen molar-refractivity contribution in [3.8, 4) is 0 Å². The van der Waals surface area contributed by atoms with Crippen molar-refractivity contribution in [2.24, 2.45) is 11.3 Å². The summed E-state index contributed by atoms with van der Waals surface area (Å²) in [5.41, 5.74) is 0.334. The first-order valence-corrected chi connectivity index (χ1v) is 13.4. The molecule has 4 saturated heterocycles. The maximum absolute atomic E-state index is 13.3. The first kappa shape index (κ1) is 29.4. The molecular weight excluding hydrogens is 498 g/mol. The van der Waals surface area contributed by atoms with E-state index in [1.165, 1.54) is 7.11 Å². The van der Waals surface area contributed by atoms with Crippen LogP contribution in [0.1, 0.15) is 59.8 Å². The number of amides is 1. The molecule has 4 aliphatic rings. The lowest BCUT2D eigenvalue weighted by atomic mass is 9.72. The van der Waals surface area contributed by atoms with E-state index in [-0.39, 0.29) is 43.4 Å². The van der Waals surface area contributed by atoms with Crippen LogP contribution in [-0.2, 0) is 42.7 Å². The Morgan fingerprint density at radius 2 is 1.97 bits per heavy atom. The molecule has 4 fully saturated rings. The second-order valence-corrected chi connectivity index (χ2v) is 11.5. The molecule has 0 aromatic rings. The third-order valence-electron chi connectivity index (χ3n) is 8.75. The van der Waals surface area contributed by atoms with Gasteiger partial charge in [0.25, 0.3) is 5.91 Å². The fraction of sp³-hybridized carbons (Fsp3) is 0.852. The van der Waals surface area contributed by atoms with Gasteiger partial charge in [-0.15, -0.1) is 0 Å². The zero-order valence-corrected chi connectivity index (χ0v) is 23.3. The average molecular weight is 542 g/mol. The number of fused-ring (bicyclic) bond motifs is 1. The summed E-state index contributed by atoms with van der Waals surface area (Å²) in [7, 11) is 3.01. The van der Waals surface area contributed by atoms with Crippen LogP contribution < -0.4 is 5.32 Å². The third-order valence-corrected chi connectivity index (χ3v) is 8.75. The summed E-state index contributed by atoms with van der Waals surface area (Å²) in [5.74, 6) is -2.45. The van der Waals surface area contributed by atoms with Gasteiger partial charge in [-0.2, -0.15) is 0 Å². The van der Waals surface area contributed by atoms with Gasteiger partial charge < -0.3 is 43.6 Å². The summed E-state index contributed by atoms with van der Waals surface area (Å²) in [6, 6.07) is 0. The van der Waals surface area contributed by atoms with Crippen LogP contribution in [0.4, 0.5) is 0 Å². The summed E-state index contributed by atoms with van der Waals surface area (Å²) in [5, 5.41) is 13.9. The van der Waals surface area contributed by atoms with Gasteiger partial charge in [0, 0.05) is 44.8 Å². The SMILES string of the molecule is C=C1C[C@](OC)([C@H](O)C(=O)N[C@H]2OCO[C@H]3[C@@H]2O[C@H](C[C@H]2CCCC(=O)O2)C(C)(C)[C@@H]3OC)O[C@H](C)[C@@H]1C. The number of cyclic esters (lactones) is 1. The zero-order chi connectivity index (χ0) is 27.8. The predicted octanol–water partition coefficient (Wildman–Crippen LogP) is 1.80. The average Bonchev–Trinajstić information content (AvgIpc) is 2.87. The lowest BCUT2D eigenvalue weighted by Crippen LogP contribution is -2.69. The fourth-order valence-electron chi connectivity index (χ4n) is 6.12. The zero-order valence-electron chi connectivity index (χ0n) is 23.3. The molecule has 0 aliphatic carbocycles. The van der Waals surface area contributed by atoms with E-state index in [1.807, 2.05) is 27.7 Å². The van der Waals surface area contributed by atoms with Crippen molar-refractivity contribution in [1.82, 2.24) is 5.32 Å². The summed E-state index contributed by atoms with van der Waals surface area (Å²) >= 11 is 0. The number of nitrogens with one attached hydrogen (secondary N) is 1. The molecule has 0 bridgehead atoms. The third kappa shape index (κ3) is 5.52. The maximum Gasteiger partial charge on any atom is 0.306 e. The van der Waals surface area contributed by atoms with E-state index in [0.717, 1.165) is 18.4 Å². The van der Waals surface area contributed by atoms with Crippen LogP contribution in [-0.4, -0.2) is 92.7 Å². The topological polar surface area (TPSA) is 131 Å². The van der Waals surface area contributed by atoms with Crippen molar-refractivity contribution >= 4 is 11.9 Å². The van der Waals surface area contributed by atoms with E-state index in [9.17, 15) is 14.7 Å². The summed E-state index contributed by atoms with van der Waals surface area (Å²) in [4.78, 5) is 25.2. The van der Waals surface area contributed by atoms with Crippen molar-refractivity contribution in [3.63, 3.8) is 0 Å². The van der Waals surface area contributed by atoms with Gasteiger partial charge in [0.05, 0.1) is 18.3 Å². The Labute approximate surface area is 224 Å². The van der Waals surface area contributed by atoms with Crippen LogP contribution in [0.3, 0.4) is 0 Å². The highest BCUT2D eigenvalue weighted by Crippen LogP contribution is 2.44. The molecule has 11 nitrogen and oxygen atoms in total. The Balaban J connectivity index is 1.51. The molecule has 4 aliphatic heterocycles. The van der Waals surface area contributed by atoms with E-state index in [1.54, 1.807) is 7.11 Å². The largest absolute Gasteiger partial charge is 0.462 e. The Morgan fingerprint density at radius 3 is 2.61 bits per heavy atom. The van der Waals surface area contributed by atoms with Gasteiger partial charge in [0.15, 0.2) is 12.3 Å². The van der Waals surface area contributed by atoms with Gasteiger partial charge in [0.1, 0.15) is 25.1 Å². The van der Waals surface area contributed by atoms with E-state index in [0.29, 0.717) is 12.8 Å². The minimum absolute atomic E-state index is 0.0541. The lowest BCUT2D eigenvalue weighted by Gasteiger charge is -2.54. The molecule has 0 radical (unpaired) electrons. The van der Waals surface area contributed by atoms with Gasteiger partial charge >= 0.3 is 5.97 Å². The lowest BCUT2D eigenvalue weighted by molar-refractivity contribution is -0.333. The number of esters is 1. The van der Waals surface area contributed by atoms with Crippen molar-refractivity contribution in [1.29, 1.82) is 0 Å². The van der Waals surface area contributed by atoms with Crippen LogP contribution in [0.15, 0.2) is 12.2 Å². The monoisotopic (exact) mass is 541 g/mol. The molecule has 0 unspecified atom stereocenters. The normalized spacial score (nSPS) is 42.1. The quantitative estimate of drug-likeness (QED) is 0.363. The Hall–Kier alpha value is -1.60. The molecule has 0 spiro atoms. The van der Waals surface area contributed by atoms with E-state index < -0.39 is 47.8 Å². The first-order valence-electron chi connectivity index (χ1n) is 13.4. The van der Waals surface area contributed by atoms with Crippen LogP contribution in [0, 0.1) is 11.3 Å². The molecule has 0 saturated carbocycles. The van der Waals surface area contributed by atoms with Crippen LogP contribution in [0.2, 0.25) is 0 Å². The molecule has 10 atom stereocenters. The van der Waals surface area contributed by atoms with Crippen molar-refractivity contribution < 1.29 is 47.9 Å². The Bertz CT molecular complexity index is 895. The van der Waals surface area contributed by atoms with Crippen LogP contribution in [0.5, 0.6) is 0 Å². The molecule has 4 heterocycles. The summed E-state index contributed by atoms with van der Waals surface area (Å²) < 4.78 is 41.2. The number of hydrogen-bond acceptors (Lipinski definition) is 10. The number of rotatable bonds is 7. The highest BCUT2D eigenvalue weighted by Gasteiger charge is 2.57. The van der Waals surface area contributed by atoms with Gasteiger partial charge in [-0.3, -0.25) is 9.59 Å². The molecular formula is C27H43NO10. The molecule has 216 valence electrons. The van der Waals surface area contributed by atoms with Gasteiger partial charge in [-0.1, -0.05) is 32.9 Å². The summed E-state index contributed by atoms with van der Waals surface area (Å²) in [6.45, 7) is 11.9.